The molecule has 1 aliphatic rings. The van der Waals surface area contributed by atoms with Gasteiger partial charge in [-0.15, -0.1) is 0 Å². The van der Waals surface area contributed by atoms with Gasteiger partial charge in [0.15, 0.2) is 5.78 Å². The Balaban J connectivity index is 2.71. The van der Waals surface area contributed by atoms with Gasteiger partial charge in [0.1, 0.15) is 0 Å². The Bertz CT molecular complexity index is 313. The van der Waals surface area contributed by atoms with Gasteiger partial charge in [0, 0.05) is 6.42 Å². The number of hydrogen-bond donors (Lipinski definition) is 0. The molecule has 0 aromatic rings. The third-order valence-electron chi connectivity index (χ3n) is 2.38. The zero-order valence-electron chi connectivity index (χ0n) is 9.16. The Morgan fingerprint density at radius 2 is 2.20 bits per heavy atom. The van der Waals surface area contributed by atoms with Gasteiger partial charge in [-0.05, 0) is 25.0 Å². The van der Waals surface area contributed by atoms with Gasteiger partial charge < -0.3 is 4.74 Å². The van der Waals surface area contributed by atoms with Crippen LogP contribution in [-0.2, 0) is 14.3 Å². The second kappa shape index (κ2) is 5.49. The minimum Gasteiger partial charge on any atom is -0.466 e. The van der Waals surface area contributed by atoms with Crippen LogP contribution in [0.2, 0.25) is 0 Å². The van der Waals surface area contributed by atoms with Crippen LogP contribution in [0.4, 0.5) is 0 Å². The summed E-state index contributed by atoms with van der Waals surface area (Å²) >= 11 is 0. The maximum atomic E-state index is 11.6. The standard InChI is InChI=1S/C12H16O3/c1-3-11(12(14)15-4-2)9-5-7-10(13)8-6-9/h5-7,11H,3-4,8H2,1-2H3. The molecule has 0 fully saturated rings. The zero-order chi connectivity index (χ0) is 11.3. The predicted molar refractivity (Wildman–Crippen MR) is 57.3 cm³/mol. The third-order valence-corrected chi connectivity index (χ3v) is 2.38. The molecule has 1 aliphatic carbocycles. The summed E-state index contributed by atoms with van der Waals surface area (Å²) in [5.74, 6) is -0.350. The maximum absolute atomic E-state index is 11.6. The summed E-state index contributed by atoms with van der Waals surface area (Å²) in [4.78, 5) is 22.5. The zero-order valence-corrected chi connectivity index (χ0v) is 9.16. The molecule has 0 N–H and O–H groups in total. The molecule has 0 aliphatic heterocycles. The number of allylic oxidation sites excluding steroid dienone is 3. The summed E-state index contributed by atoms with van der Waals surface area (Å²) in [6.45, 7) is 4.12. The van der Waals surface area contributed by atoms with E-state index < -0.39 is 0 Å². The summed E-state index contributed by atoms with van der Waals surface area (Å²) in [5, 5.41) is 0. The normalized spacial score (nSPS) is 17.2. The highest BCUT2D eigenvalue weighted by Gasteiger charge is 2.22. The fourth-order valence-electron chi connectivity index (χ4n) is 1.58. The van der Waals surface area contributed by atoms with E-state index in [0.29, 0.717) is 19.4 Å². The second-order valence-electron chi connectivity index (χ2n) is 3.42. The molecular weight excluding hydrogens is 192 g/mol. The summed E-state index contributed by atoms with van der Waals surface area (Å²) in [7, 11) is 0. The molecule has 1 rings (SSSR count). The van der Waals surface area contributed by atoms with Crippen LogP contribution >= 0.6 is 0 Å². The number of carbonyl (C=O) groups is 2. The lowest BCUT2D eigenvalue weighted by molar-refractivity contribution is -0.146. The number of carbonyl (C=O) groups excluding carboxylic acids is 2. The van der Waals surface area contributed by atoms with Crippen LogP contribution in [0.15, 0.2) is 23.8 Å². The molecule has 0 radical (unpaired) electrons. The minimum atomic E-state index is -0.228. The van der Waals surface area contributed by atoms with Crippen LogP contribution in [0.3, 0.4) is 0 Å². The summed E-state index contributed by atoms with van der Waals surface area (Å²) in [5.41, 5.74) is 0.899. The molecule has 0 amide bonds. The van der Waals surface area contributed by atoms with Gasteiger partial charge in [-0.3, -0.25) is 9.59 Å². The Labute approximate surface area is 89.8 Å². The smallest absolute Gasteiger partial charge is 0.313 e. The molecule has 1 atom stereocenters. The van der Waals surface area contributed by atoms with E-state index in [1.54, 1.807) is 13.0 Å². The van der Waals surface area contributed by atoms with E-state index >= 15 is 0 Å². The molecule has 15 heavy (non-hydrogen) atoms. The molecule has 0 bridgehead atoms. The first-order valence-corrected chi connectivity index (χ1v) is 5.26. The third kappa shape index (κ3) is 3.05. The Morgan fingerprint density at radius 3 is 2.67 bits per heavy atom. The van der Waals surface area contributed by atoms with Crippen LogP contribution < -0.4 is 0 Å². The fourth-order valence-corrected chi connectivity index (χ4v) is 1.58. The van der Waals surface area contributed by atoms with Gasteiger partial charge in [-0.25, -0.2) is 0 Å². The Hall–Kier alpha value is -1.38. The molecule has 1 unspecified atom stereocenters. The molecule has 0 saturated carbocycles. The highest BCUT2D eigenvalue weighted by molar-refractivity contribution is 5.93. The van der Waals surface area contributed by atoms with Crippen molar-refractivity contribution >= 4 is 11.8 Å². The second-order valence-corrected chi connectivity index (χ2v) is 3.42. The first-order valence-electron chi connectivity index (χ1n) is 5.26. The number of hydrogen-bond acceptors (Lipinski definition) is 3. The minimum absolute atomic E-state index is 0.0810. The SMILES string of the molecule is CCOC(=O)C(CC)C1=CCC(=O)C=C1. The van der Waals surface area contributed by atoms with E-state index in [1.807, 2.05) is 13.0 Å². The van der Waals surface area contributed by atoms with E-state index in [1.165, 1.54) is 6.08 Å². The monoisotopic (exact) mass is 208 g/mol. The predicted octanol–water partition coefficient (Wildman–Crippen LogP) is 2.03. The van der Waals surface area contributed by atoms with Crippen LogP contribution in [-0.4, -0.2) is 18.4 Å². The van der Waals surface area contributed by atoms with E-state index in [2.05, 4.69) is 0 Å². The molecule has 0 spiro atoms. The number of ether oxygens (including phenoxy) is 1. The lowest BCUT2D eigenvalue weighted by atomic mass is 9.92. The van der Waals surface area contributed by atoms with Crippen LogP contribution in [0.5, 0.6) is 0 Å². The number of esters is 1. The van der Waals surface area contributed by atoms with Crippen molar-refractivity contribution in [3.05, 3.63) is 23.8 Å². The molecular formula is C12H16O3. The topological polar surface area (TPSA) is 43.4 Å². The first kappa shape index (κ1) is 11.7. The van der Waals surface area contributed by atoms with Crippen molar-refractivity contribution in [2.24, 2.45) is 5.92 Å². The van der Waals surface area contributed by atoms with Gasteiger partial charge in [0.2, 0.25) is 0 Å². The lowest BCUT2D eigenvalue weighted by Gasteiger charge is -2.16. The highest BCUT2D eigenvalue weighted by Crippen LogP contribution is 2.21. The Morgan fingerprint density at radius 1 is 1.47 bits per heavy atom. The number of rotatable bonds is 4. The van der Waals surface area contributed by atoms with Crippen molar-refractivity contribution in [2.75, 3.05) is 6.61 Å². The van der Waals surface area contributed by atoms with E-state index in [0.717, 1.165) is 5.57 Å². The van der Waals surface area contributed by atoms with Gasteiger partial charge in [-0.1, -0.05) is 19.1 Å². The highest BCUT2D eigenvalue weighted by atomic mass is 16.5. The molecule has 3 nitrogen and oxygen atoms in total. The Kier molecular flexibility index (Phi) is 4.28. The van der Waals surface area contributed by atoms with E-state index in [-0.39, 0.29) is 17.7 Å². The molecule has 0 aromatic carbocycles. The van der Waals surface area contributed by atoms with Crippen LogP contribution in [0.25, 0.3) is 0 Å². The van der Waals surface area contributed by atoms with Crippen molar-refractivity contribution in [3.8, 4) is 0 Å². The van der Waals surface area contributed by atoms with Crippen molar-refractivity contribution < 1.29 is 14.3 Å². The van der Waals surface area contributed by atoms with E-state index in [4.69, 9.17) is 4.74 Å². The quantitative estimate of drug-likeness (QED) is 0.664. The average Bonchev–Trinajstić information content (AvgIpc) is 2.22. The summed E-state index contributed by atoms with van der Waals surface area (Å²) in [6, 6.07) is 0. The summed E-state index contributed by atoms with van der Waals surface area (Å²) < 4.78 is 4.98. The number of ketones is 1. The lowest BCUT2D eigenvalue weighted by Crippen LogP contribution is -2.19. The fraction of sp³-hybridized carbons (Fsp3) is 0.500. The summed E-state index contributed by atoms with van der Waals surface area (Å²) in [6.07, 6.45) is 6.15. The van der Waals surface area contributed by atoms with Crippen molar-refractivity contribution in [1.82, 2.24) is 0 Å². The van der Waals surface area contributed by atoms with Crippen molar-refractivity contribution in [1.29, 1.82) is 0 Å². The van der Waals surface area contributed by atoms with Crippen LogP contribution in [0, 0.1) is 5.92 Å². The first-order chi connectivity index (χ1) is 7.19. The molecule has 3 heteroatoms. The van der Waals surface area contributed by atoms with Gasteiger partial charge in [0.25, 0.3) is 0 Å². The molecule has 0 heterocycles. The average molecular weight is 208 g/mol. The van der Waals surface area contributed by atoms with Gasteiger partial charge >= 0.3 is 5.97 Å². The molecule has 0 saturated heterocycles. The van der Waals surface area contributed by atoms with Crippen molar-refractivity contribution in [2.45, 2.75) is 26.7 Å². The van der Waals surface area contributed by atoms with Gasteiger partial charge in [0.05, 0.1) is 12.5 Å². The van der Waals surface area contributed by atoms with Crippen molar-refractivity contribution in [3.63, 3.8) is 0 Å². The van der Waals surface area contributed by atoms with Gasteiger partial charge in [-0.2, -0.15) is 0 Å². The van der Waals surface area contributed by atoms with Crippen LogP contribution in [0.1, 0.15) is 26.7 Å². The maximum Gasteiger partial charge on any atom is 0.313 e. The molecule has 0 aromatic heterocycles. The van der Waals surface area contributed by atoms with E-state index in [9.17, 15) is 9.59 Å². The molecule has 82 valence electrons. The largest absolute Gasteiger partial charge is 0.466 e.